The van der Waals surface area contributed by atoms with Crippen LogP contribution in [-0.2, 0) is 16.4 Å². The Balaban J connectivity index is 1.60. The molecule has 2 aromatic carbocycles. The standard InChI is InChI=1S/C21H23N3O3S2/c1-2-12-24-18-9-5-4-8-17(18)22-21(24)23-20(25)16-7-3-6-10-19(16)28-15-11-13-29(26,27)14-15/h3-10,15H,2,11-14H2,1H3,(H,22,23,25)/t15-/m0/s1. The van der Waals surface area contributed by atoms with Gasteiger partial charge in [-0.15, -0.1) is 11.8 Å². The summed E-state index contributed by atoms with van der Waals surface area (Å²) in [5, 5.41) is 2.95. The van der Waals surface area contributed by atoms with Gasteiger partial charge in [0.2, 0.25) is 5.95 Å². The fraction of sp³-hybridized carbons (Fsp3) is 0.333. The van der Waals surface area contributed by atoms with Crippen LogP contribution in [0.3, 0.4) is 0 Å². The second-order valence-electron chi connectivity index (χ2n) is 7.17. The third kappa shape index (κ3) is 4.33. The van der Waals surface area contributed by atoms with Gasteiger partial charge in [0.15, 0.2) is 9.84 Å². The molecule has 8 heteroatoms. The van der Waals surface area contributed by atoms with Gasteiger partial charge in [-0.25, -0.2) is 13.4 Å². The number of carbonyl (C=O) groups excluding carboxylic acids is 1. The van der Waals surface area contributed by atoms with Crippen molar-refractivity contribution >= 4 is 44.5 Å². The Hall–Kier alpha value is -2.32. The summed E-state index contributed by atoms with van der Waals surface area (Å²) in [5.74, 6) is 0.683. The Morgan fingerprint density at radius 1 is 1.21 bits per heavy atom. The molecule has 6 nitrogen and oxygen atoms in total. The van der Waals surface area contributed by atoms with Gasteiger partial charge in [-0.1, -0.05) is 31.2 Å². The number of rotatable bonds is 6. The zero-order valence-corrected chi connectivity index (χ0v) is 17.8. The number of benzene rings is 2. The molecule has 0 unspecified atom stereocenters. The molecule has 0 spiro atoms. The molecule has 0 bridgehead atoms. The predicted octanol–water partition coefficient (Wildman–Crippen LogP) is 3.98. The van der Waals surface area contributed by atoms with Crippen molar-refractivity contribution in [3.63, 3.8) is 0 Å². The number of fused-ring (bicyclic) bond motifs is 1. The molecule has 1 fully saturated rings. The van der Waals surface area contributed by atoms with Gasteiger partial charge < -0.3 is 4.57 Å². The average molecular weight is 430 g/mol. The van der Waals surface area contributed by atoms with Crippen molar-refractivity contribution in [3.05, 3.63) is 54.1 Å². The molecule has 1 amide bonds. The molecule has 1 aromatic heterocycles. The van der Waals surface area contributed by atoms with Crippen LogP contribution in [0.2, 0.25) is 0 Å². The van der Waals surface area contributed by atoms with Gasteiger partial charge in [0.05, 0.1) is 28.1 Å². The molecule has 2 heterocycles. The van der Waals surface area contributed by atoms with Gasteiger partial charge in [0, 0.05) is 16.7 Å². The van der Waals surface area contributed by atoms with Gasteiger partial charge >= 0.3 is 0 Å². The second kappa shape index (κ2) is 8.20. The first-order valence-corrected chi connectivity index (χ1v) is 12.4. The van der Waals surface area contributed by atoms with Crippen molar-refractivity contribution in [2.75, 3.05) is 16.8 Å². The molecule has 4 rings (SSSR count). The second-order valence-corrected chi connectivity index (χ2v) is 10.7. The maximum Gasteiger partial charge on any atom is 0.259 e. The lowest BCUT2D eigenvalue weighted by Gasteiger charge is -2.13. The normalized spacial score (nSPS) is 18.2. The van der Waals surface area contributed by atoms with Crippen LogP contribution in [0.25, 0.3) is 11.0 Å². The number of para-hydroxylation sites is 2. The zero-order valence-electron chi connectivity index (χ0n) is 16.2. The van der Waals surface area contributed by atoms with E-state index in [0.29, 0.717) is 17.9 Å². The molecular formula is C21H23N3O3S2. The Kier molecular flexibility index (Phi) is 5.65. The van der Waals surface area contributed by atoms with E-state index in [4.69, 9.17) is 0 Å². The van der Waals surface area contributed by atoms with E-state index in [1.807, 2.05) is 47.0 Å². The quantitative estimate of drug-likeness (QED) is 0.641. The Labute approximate surface area is 174 Å². The van der Waals surface area contributed by atoms with Crippen molar-refractivity contribution in [2.45, 2.75) is 36.5 Å². The molecule has 0 aliphatic carbocycles. The highest BCUT2D eigenvalue weighted by molar-refractivity contribution is 8.02. The molecule has 1 aliphatic rings. The van der Waals surface area contributed by atoms with Crippen molar-refractivity contribution in [1.29, 1.82) is 0 Å². The van der Waals surface area contributed by atoms with Crippen LogP contribution in [0.15, 0.2) is 53.4 Å². The highest BCUT2D eigenvalue weighted by Gasteiger charge is 2.29. The summed E-state index contributed by atoms with van der Waals surface area (Å²) in [6.45, 7) is 2.84. The van der Waals surface area contributed by atoms with Crippen LogP contribution in [0.4, 0.5) is 5.95 Å². The summed E-state index contributed by atoms with van der Waals surface area (Å²) in [4.78, 5) is 18.5. The Bertz CT molecular complexity index is 1150. The molecule has 0 saturated carbocycles. The zero-order chi connectivity index (χ0) is 20.4. The number of aromatic nitrogens is 2. The number of carbonyl (C=O) groups is 1. The summed E-state index contributed by atoms with van der Waals surface area (Å²) in [7, 11) is -2.96. The number of imidazole rings is 1. The largest absolute Gasteiger partial charge is 0.310 e. The maximum atomic E-state index is 13.1. The summed E-state index contributed by atoms with van der Waals surface area (Å²) >= 11 is 1.47. The fourth-order valence-electron chi connectivity index (χ4n) is 3.58. The number of aryl methyl sites for hydroxylation is 1. The lowest BCUT2D eigenvalue weighted by Crippen LogP contribution is -2.17. The first-order valence-electron chi connectivity index (χ1n) is 9.69. The summed E-state index contributed by atoms with van der Waals surface area (Å²) in [5.41, 5.74) is 2.37. The van der Waals surface area contributed by atoms with E-state index in [9.17, 15) is 13.2 Å². The van der Waals surface area contributed by atoms with Gasteiger partial charge in [0.1, 0.15) is 0 Å². The lowest BCUT2D eigenvalue weighted by atomic mass is 10.2. The SMILES string of the molecule is CCCn1c(NC(=O)c2ccccc2S[C@H]2CCS(=O)(=O)C2)nc2ccccc21. The molecule has 3 aromatic rings. The van der Waals surface area contributed by atoms with E-state index in [0.717, 1.165) is 28.9 Å². The first-order chi connectivity index (χ1) is 14.0. The number of amides is 1. The smallest absolute Gasteiger partial charge is 0.259 e. The van der Waals surface area contributed by atoms with Crippen molar-refractivity contribution in [1.82, 2.24) is 9.55 Å². The minimum atomic E-state index is -2.96. The van der Waals surface area contributed by atoms with Crippen LogP contribution in [0.1, 0.15) is 30.1 Å². The average Bonchev–Trinajstić information content (AvgIpc) is 3.22. The first kappa shape index (κ1) is 20.0. The van der Waals surface area contributed by atoms with Crippen LogP contribution in [0, 0.1) is 0 Å². The summed E-state index contributed by atoms with van der Waals surface area (Å²) in [6, 6.07) is 15.2. The number of nitrogens with zero attached hydrogens (tertiary/aromatic N) is 2. The van der Waals surface area contributed by atoms with Gasteiger partial charge in [-0.3, -0.25) is 10.1 Å². The molecule has 29 heavy (non-hydrogen) atoms. The summed E-state index contributed by atoms with van der Waals surface area (Å²) < 4.78 is 25.6. The topological polar surface area (TPSA) is 81.1 Å². The molecule has 1 saturated heterocycles. The molecule has 1 aliphatic heterocycles. The predicted molar refractivity (Wildman–Crippen MR) is 117 cm³/mol. The van der Waals surface area contributed by atoms with Crippen LogP contribution >= 0.6 is 11.8 Å². The van der Waals surface area contributed by atoms with Crippen LogP contribution in [0.5, 0.6) is 0 Å². The maximum absolute atomic E-state index is 13.1. The van der Waals surface area contributed by atoms with E-state index >= 15 is 0 Å². The molecular weight excluding hydrogens is 406 g/mol. The van der Waals surface area contributed by atoms with Crippen molar-refractivity contribution in [2.24, 2.45) is 0 Å². The third-order valence-electron chi connectivity index (χ3n) is 4.94. The fourth-order valence-corrected chi connectivity index (χ4v) is 7.21. The number of hydrogen-bond acceptors (Lipinski definition) is 5. The van der Waals surface area contributed by atoms with Crippen LogP contribution < -0.4 is 5.32 Å². The highest BCUT2D eigenvalue weighted by atomic mass is 32.2. The highest BCUT2D eigenvalue weighted by Crippen LogP contribution is 2.33. The Morgan fingerprint density at radius 3 is 2.72 bits per heavy atom. The molecule has 1 N–H and O–H groups in total. The lowest BCUT2D eigenvalue weighted by molar-refractivity contribution is 0.102. The van der Waals surface area contributed by atoms with E-state index in [2.05, 4.69) is 17.2 Å². The molecule has 1 atom stereocenters. The summed E-state index contributed by atoms with van der Waals surface area (Å²) in [6.07, 6.45) is 1.54. The van der Waals surface area contributed by atoms with Crippen molar-refractivity contribution < 1.29 is 13.2 Å². The van der Waals surface area contributed by atoms with Gasteiger partial charge in [-0.2, -0.15) is 0 Å². The molecule has 152 valence electrons. The number of sulfone groups is 1. The van der Waals surface area contributed by atoms with Gasteiger partial charge in [-0.05, 0) is 37.1 Å². The van der Waals surface area contributed by atoms with E-state index in [-0.39, 0.29) is 22.7 Å². The monoisotopic (exact) mass is 429 g/mol. The van der Waals surface area contributed by atoms with Gasteiger partial charge in [0.25, 0.3) is 5.91 Å². The van der Waals surface area contributed by atoms with E-state index < -0.39 is 9.84 Å². The van der Waals surface area contributed by atoms with Crippen molar-refractivity contribution in [3.8, 4) is 0 Å². The minimum Gasteiger partial charge on any atom is -0.310 e. The van der Waals surface area contributed by atoms with Crippen LogP contribution in [-0.4, -0.2) is 40.6 Å². The number of anilines is 1. The number of hydrogen-bond donors (Lipinski definition) is 1. The minimum absolute atomic E-state index is 0.0152. The van der Waals surface area contributed by atoms with E-state index in [1.165, 1.54) is 11.8 Å². The number of thioether (sulfide) groups is 1. The Morgan fingerprint density at radius 2 is 1.97 bits per heavy atom. The van der Waals surface area contributed by atoms with E-state index in [1.54, 1.807) is 6.07 Å². The third-order valence-corrected chi connectivity index (χ3v) is 8.27. The molecule has 0 radical (unpaired) electrons. The number of nitrogens with one attached hydrogen (secondary N) is 1.